The largest absolute Gasteiger partial charge is 0.358 e. The fourth-order valence-corrected chi connectivity index (χ4v) is 2.63. The van der Waals surface area contributed by atoms with Gasteiger partial charge in [-0.15, -0.1) is 0 Å². The molecule has 1 aliphatic rings. The first kappa shape index (κ1) is 15.4. The summed E-state index contributed by atoms with van der Waals surface area (Å²) in [6, 6.07) is 1.31. The second-order valence-electron chi connectivity index (χ2n) is 5.28. The summed E-state index contributed by atoms with van der Waals surface area (Å²) in [5.74, 6) is 0.124. The van der Waals surface area contributed by atoms with Gasteiger partial charge in [-0.1, -0.05) is 20.3 Å². The molecule has 18 heavy (non-hydrogen) atoms. The smallest absolute Gasteiger partial charge is 0.233 e. The van der Waals surface area contributed by atoms with Crippen molar-refractivity contribution in [2.75, 3.05) is 26.7 Å². The zero-order valence-electron chi connectivity index (χ0n) is 12.2. The van der Waals surface area contributed by atoms with Gasteiger partial charge in [-0.3, -0.25) is 9.69 Å². The molecule has 1 fully saturated rings. The first-order valence-corrected chi connectivity index (χ1v) is 7.38. The van der Waals surface area contributed by atoms with Crippen molar-refractivity contribution in [2.45, 2.75) is 58.0 Å². The Morgan fingerprint density at radius 3 is 2.50 bits per heavy atom. The third kappa shape index (κ3) is 5.36. The van der Waals surface area contributed by atoms with Crippen LogP contribution in [-0.2, 0) is 4.79 Å². The summed E-state index contributed by atoms with van der Waals surface area (Å²) < 4.78 is 0. The van der Waals surface area contributed by atoms with Gasteiger partial charge in [0.2, 0.25) is 5.91 Å². The van der Waals surface area contributed by atoms with E-state index in [-0.39, 0.29) is 5.91 Å². The molecule has 1 unspecified atom stereocenters. The predicted molar refractivity (Wildman–Crippen MR) is 75.7 cm³/mol. The molecule has 0 spiro atoms. The van der Waals surface area contributed by atoms with Crippen molar-refractivity contribution >= 4 is 5.91 Å². The first-order chi connectivity index (χ1) is 8.69. The number of hydrogen-bond acceptors (Lipinski definition) is 3. The fourth-order valence-electron chi connectivity index (χ4n) is 2.63. The molecule has 1 saturated heterocycles. The highest BCUT2D eigenvalue weighted by molar-refractivity contribution is 5.77. The number of amides is 1. The normalized spacial score (nSPS) is 19.7. The van der Waals surface area contributed by atoms with Gasteiger partial charge < -0.3 is 10.6 Å². The minimum absolute atomic E-state index is 0.124. The number of rotatable bonds is 7. The van der Waals surface area contributed by atoms with Crippen LogP contribution in [0.5, 0.6) is 0 Å². The van der Waals surface area contributed by atoms with E-state index in [1.807, 2.05) is 0 Å². The van der Waals surface area contributed by atoms with Crippen LogP contribution in [0, 0.1) is 0 Å². The summed E-state index contributed by atoms with van der Waals surface area (Å²) in [4.78, 5) is 13.6. The van der Waals surface area contributed by atoms with E-state index in [1.54, 1.807) is 7.05 Å². The molecular weight excluding hydrogens is 226 g/mol. The van der Waals surface area contributed by atoms with E-state index in [0.717, 1.165) is 25.9 Å². The number of nitrogens with zero attached hydrogens (tertiary/aromatic N) is 1. The zero-order chi connectivity index (χ0) is 13.4. The van der Waals surface area contributed by atoms with Crippen molar-refractivity contribution in [1.29, 1.82) is 0 Å². The number of hydrogen-bond donors (Lipinski definition) is 2. The number of likely N-dealkylation sites (tertiary alicyclic amines) is 1. The van der Waals surface area contributed by atoms with E-state index < -0.39 is 0 Å². The van der Waals surface area contributed by atoms with E-state index in [9.17, 15) is 4.79 Å². The predicted octanol–water partition coefficient (Wildman–Crippen LogP) is 1.37. The molecule has 0 bridgehead atoms. The molecule has 1 amide bonds. The molecular formula is C14H29N3O. The number of carbonyl (C=O) groups excluding carboxylic acids is 1. The maximum atomic E-state index is 11.3. The van der Waals surface area contributed by atoms with Gasteiger partial charge in [-0.25, -0.2) is 0 Å². The molecule has 0 aromatic heterocycles. The summed E-state index contributed by atoms with van der Waals surface area (Å²) in [5.41, 5.74) is 0. The molecule has 4 nitrogen and oxygen atoms in total. The van der Waals surface area contributed by atoms with Crippen molar-refractivity contribution in [2.24, 2.45) is 0 Å². The van der Waals surface area contributed by atoms with Gasteiger partial charge in [-0.05, 0) is 25.7 Å². The Hall–Kier alpha value is -0.610. The van der Waals surface area contributed by atoms with Crippen LogP contribution in [0.25, 0.3) is 0 Å². The molecule has 0 aromatic carbocycles. The molecule has 4 heteroatoms. The molecule has 1 rings (SSSR count). The average molecular weight is 255 g/mol. The van der Waals surface area contributed by atoms with Crippen LogP contribution in [0.15, 0.2) is 0 Å². The zero-order valence-corrected chi connectivity index (χ0v) is 12.2. The first-order valence-electron chi connectivity index (χ1n) is 7.38. The second-order valence-corrected chi connectivity index (χ2v) is 5.28. The number of carbonyl (C=O) groups is 1. The van der Waals surface area contributed by atoms with Gasteiger partial charge in [-0.2, -0.15) is 0 Å². The van der Waals surface area contributed by atoms with Crippen LogP contribution < -0.4 is 10.6 Å². The third-order valence-corrected chi connectivity index (χ3v) is 3.83. The number of likely N-dealkylation sites (N-methyl/N-ethyl adjacent to an activating group) is 1. The molecule has 106 valence electrons. The minimum atomic E-state index is 0.124. The lowest BCUT2D eigenvalue weighted by molar-refractivity contribution is -0.122. The Morgan fingerprint density at radius 1 is 1.33 bits per heavy atom. The lowest BCUT2D eigenvalue weighted by atomic mass is 10.0. The topological polar surface area (TPSA) is 44.4 Å². The van der Waals surface area contributed by atoms with Crippen LogP contribution in [0.4, 0.5) is 0 Å². The van der Waals surface area contributed by atoms with Crippen LogP contribution in [-0.4, -0.2) is 49.6 Å². The summed E-state index contributed by atoms with van der Waals surface area (Å²) in [6.45, 7) is 7.13. The lowest BCUT2D eigenvalue weighted by Gasteiger charge is -2.34. The van der Waals surface area contributed by atoms with Crippen molar-refractivity contribution in [3.8, 4) is 0 Å². The molecule has 1 aliphatic heterocycles. The van der Waals surface area contributed by atoms with Crippen molar-refractivity contribution in [3.05, 3.63) is 0 Å². The van der Waals surface area contributed by atoms with Gasteiger partial charge in [0, 0.05) is 32.2 Å². The second kappa shape index (κ2) is 8.48. The fraction of sp³-hybridized carbons (Fsp3) is 0.929. The average Bonchev–Trinajstić information content (AvgIpc) is 2.40. The Balaban J connectivity index is 2.24. The molecule has 0 aromatic rings. The van der Waals surface area contributed by atoms with Gasteiger partial charge in [0.15, 0.2) is 0 Å². The molecule has 1 atom stereocenters. The minimum Gasteiger partial charge on any atom is -0.358 e. The monoisotopic (exact) mass is 255 g/mol. The molecule has 2 N–H and O–H groups in total. The van der Waals surface area contributed by atoms with Gasteiger partial charge in [0.1, 0.15) is 0 Å². The van der Waals surface area contributed by atoms with Gasteiger partial charge in [0.25, 0.3) is 0 Å². The number of piperidine rings is 1. The van der Waals surface area contributed by atoms with Crippen LogP contribution >= 0.6 is 0 Å². The summed E-state index contributed by atoms with van der Waals surface area (Å²) in [7, 11) is 1.70. The summed E-state index contributed by atoms with van der Waals surface area (Å²) in [6.07, 6.45) is 6.07. The van der Waals surface area contributed by atoms with E-state index in [4.69, 9.17) is 0 Å². The molecule has 0 radical (unpaired) electrons. The van der Waals surface area contributed by atoms with Crippen molar-refractivity contribution in [1.82, 2.24) is 15.5 Å². The highest BCUT2D eigenvalue weighted by atomic mass is 16.1. The number of nitrogens with one attached hydrogen (secondary N) is 2. The van der Waals surface area contributed by atoms with E-state index in [2.05, 4.69) is 29.4 Å². The summed E-state index contributed by atoms with van der Waals surface area (Å²) >= 11 is 0. The Bertz CT molecular complexity index is 237. The standard InChI is InChI=1S/C14H29N3O/c1-4-6-12(5-2)16-13-7-9-17(10-8-13)11-14(18)15-3/h12-13,16H,4-11H2,1-3H3,(H,15,18). The highest BCUT2D eigenvalue weighted by Crippen LogP contribution is 2.12. The Kier molecular flexibility index (Phi) is 7.28. The summed E-state index contributed by atoms with van der Waals surface area (Å²) in [5, 5.41) is 6.45. The SMILES string of the molecule is CCCC(CC)NC1CCN(CC(=O)NC)CC1. The van der Waals surface area contributed by atoms with Crippen LogP contribution in [0.3, 0.4) is 0 Å². The van der Waals surface area contributed by atoms with Crippen molar-refractivity contribution in [3.63, 3.8) is 0 Å². The van der Waals surface area contributed by atoms with Crippen LogP contribution in [0.2, 0.25) is 0 Å². The molecule has 1 heterocycles. The Morgan fingerprint density at radius 2 is 2.00 bits per heavy atom. The Labute approximate surface area is 111 Å². The maximum absolute atomic E-state index is 11.3. The maximum Gasteiger partial charge on any atom is 0.233 e. The molecule has 0 saturated carbocycles. The highest BCUT2D eigenvalue weighted by Gasteiger charge is 2.21. The lowest BCUT2D eigenvalue weighted by Crippen LogP contribution is -2.48. The van der Waals surface area contributed by atoms with E-state index in [1.165, 1.54) is 19.3 Å². The van der Waals surface area contributed by atoms with Crippen molar-refractivity contribution < 1.29 is 4.79 Å². The van der Waals surface area contributed by atoms with Gasteiger partial charge >= 0.3 is 0 Å². The van der Waals surface area contributed by atoms with Crippen LogP contribution in [0.1, 0.15) is 46.0 Å². The molecule has 0 aliphatic carbocycles. The quantitative estimate of drug-likeness (QED) is 0.722. The van der Waals surface area contributed by atoms with E-state index >= 15 is 0 Å². The van der Waals surface area contributed by atoms with Gasteiger partial charge in [0.05, 0.1) is 6.54 Å². The van der Waals surface area contributed by atoms with E-state index in [0.29, 0.717) is 18.6 Å². The third-order valence-electron chi connectivity index (χ3n) is 3.83.